The van der Waals surface area contributed by atoms with Crippen molar-refractivity contribution in [2.45, 2.75) is 31.9 Å². The SMILES string of the molecule is NCCCCCC(N)OC(=O)c1ccc(C(=O)OCCO)cc1. The number of carbonyl (C=O) groups is 2. The fraction of sp³-hybridized carbons (Fsp3) is 0.500. The zero-order chi connectivity index (χ0) is 17.1. The van der Waals surface area contributed by atoms with Gasteiger partial charge in [-0.25, -0.2) is 9.59 Å². The van der Waals surface area contributed by atoms with Crippen molar-refractivity contribution in [3.63, 3.8) is 0 Å². The van der Waals surface area contributed by atoms with Crippen LogP contribution >= 0.6 is 0 Å². The van der Waals surface area contributed by atoms with Crippen molar-refractivity contribution >= 4 is 11.9 Å². The first-order valence-electron chi connectivity index (χ1n) is 7.63. The third-order valence-corrected chi connectivity index (χ3v) is 3.13. The van der Waals surface area contributed by atoms with Crippen molar-refractivity contribution in [3.8, 4) is 0 Å². The van der Waals surface area contributed by atoms with Crippen LogP contribution in [0, 0.1) is 0 Å². The molecule has 0 aliphatic rings. The van der Waals surface area contributed by atoms with E-state index in [9.17, 15) is 9.59 Å². The van der Waals surface area contributed by atoms with E-state index in [1.807, 2.05) is 0 Å². The van der Waals surface area contributed by atoms with Crippen LogP contribution in [0.5, 0.6) is 0 Å². The van der Waals surface area contributed by atoms with Crippen LogP contribution in [0.1, 0.15) is 46.4 Å². The molecule has 1 atom stereocenters. The van der Waals surface area contributed by atoms with Crippen LogP contribution in [0.3, 0.4) is 0 Å². The Labute approximate surface area is 135 Å². The molecule has 5 N–H and O–H groups in total. The maximum atomic E-state index is 11.9. The Morgan fingerprint density at radius 2 is 1.65 bits per heavy atom. The highest BCUT2D eigenvalue weighted by molar-refractivity contribution is 5.93. The van der Waals surface area contributed by atoms with E-state index in [0.29, 0.717) is 24.1 Å². The highest BCUT2D eigenvalue weighted by Gasteiger charge is 2.13. The molecule has 7 nitrogen and oxygen atoms in total. The smallest absolute Gasteiger partial charge is 0.339 e. The lowest BCUT2D eigenvalue weighted by Gasteiger charge is -2.13. The molecule has 0 heterocycles. The first kappa shape index (κ1) is 19.1. The van der Waals surface area contributed by atoms with Crippen molar-refractivity contribution in [2.24, 2.45) is 11.5 Å². The van der Waals surface area contributed by atoms with Gasteiger partial charge in [0, 0.05) is 0 Å². The third-order valence-electron chi connectivity index (χ3n) is 3.13. The molecule has 0 saturated carbocycles. The molecule has 0 aromatic heterocycles. The number of unbranched alkanes of at least 4 members (excludes halogenated alkanes) is 2. The van der Waals surface area contributed by atoms with Crippen molar-refractivity contribution in [2.75, 3.05) is 19.8 Å². The molecule has 0 saturated heterocycles. The first-order valence-corrected chi connectivity index (χ1v) is 7.63. The number of hydrogen-bond acceptors (Lipinski definition) is 7. The molecule has 7 heteroatoms. The second kappa shape index (κ2) is 10.7. The summed E-state index contributed by atoms with van der Waals surface area (Å²) >= 11 is 0. The molecule has 1 aromatic rings. The molecule has 0 bridgehead atoms. The summed E-state index contributed by atoms with van der Waals surface area (Å²) in [6.07, 6.45) is 2.65. The second-order valence-corrected chi connectivity index (χ2v) is 5.02. The van der Waals surface area contributed by atoms with E-state index in [1.54, 1.807) is 0 Å². The van der Waals surface area contributed by atoms with Crippen LogP contribution in [-0.4, -0.2) is 43.0 Å². The topological polar surface area (TPSA) is 125 Å². The van der Waals surface area contributed by atoms with Gasteiger partial charge in [-0.3, -0.25) is 5.73 Å². The summed E-state index contributed by atoms with van der Waals surface area (Å²) in [6.45, 7) is 0.336. The zero-order valence-electron chi connectivity index (χ0n) is 13.1. The lowest BCUT2D eigenvalue weighted by molar-refractivity contribution is 0.0290. The van der Waals surface area contributed by atoms with Crippen LogP contribution in [-0.2, 0) is 9.47 Å². The second-order valence-electron chi connectivity index (χ2n) is 5.02. The minimum absolute atomic E-state index is 0.0678. The van der Waals surface area contributed by atoms with E-state index in [-0.39, 0.29) is 13.2 Å². The molecule has 1 rings (SSSR count). The first-order chi connectivity index (χ1) is 11.1. The van der Waals surface area contributed by atoms with Crippen LogP contribution in [0.15, 0.2) is 24.3 Å². The van der Waals surface area contributed by atoms with Gasteiger partial charge < -0.3 is 20.3 Å². The average molecular weight is 324 g/mol. The number of nitrogens with two attached hydrogens (primary N) is 2. The predicted octanol–water partition coefficient (Wildman–Crippen LogP) is 0.796. The van der Waals surface area contributed by atoms with Crippen molar-refractivity contribution in [1.82, 2.24) is 0 Å². The zero-order valence-corrected chi connectivity index (χ0v) is 13.1. The minimum atomic E-state index is -0.658. The molecule has 0 radical (unpaired) electrons. The number of benzene rings is 1. The van der Waals surface area contributed by atoms with Gasteiger partial charge in [-0.1, -0.05) is 6.42 Å². The summed E-state index contributed by atoms with van der Waals surface area (Å²) in [5.41, 5.74) is 11.8. The van der Waals surface area contributed by atoms with Gasteiger partial charge in [0.1, 0.15) is 6.61 Å². The van der Waals surface area contributed by atoms with Gasteiger partial charge in [-0.2, -0.15) is 0 Å². The van der Waals surface area contributed by atoms with Crippen molar-refractivity contribution in [3.05, 3.63) is 35.4 Å². The molecular weight excluding hydrogens is 300 g/mol. The molecule has 0 fully saturated rings. The molecule has 0 spiro atoms. The fourth-order valence-electron chi connectivity index (χ4n) is 1.90. The quantitative estimate of drug-likeness (QED) is 0.330. The Morgan fingerprint density at radius 1 is 1.04 bits per heavy atom. The van der Waals surface area contributed by atoms with Crippen molar-refractivity contribution < 1.29 is 24.2 Å². The standard InChI is InChI=1S/C16H24N2O5/c17-9-3-1-2-4-14(18)23-16(21)13-7-5-12(6-8-13)15(20)22-11-10-19/h5-8,14,19H,1-4,9-11,17-18H2. The van der Waals surface area contributed by atoms with Gasteiger partial charge in [0.05, 0.1) is 17.7 Å². The summed E-state index contributed by atoms with van der Waals surface area (Å²) in [5, 5.41) is 8.60. The van der Waals surface area contributed by atoms with Gasteiger partial charge >= 0.3 is 11.9 Å². The maximum Gasteiger partial charge on any atom is 0.339 e. The number of esters is 2. The van der Waals surface area contributed by atoms with Gasteiger partial charge in [0.25, 0.3) is 0 Å². The van der Waals surface area contributed by atoms with Gasteiger partial charge in [0.2, 0.25) is 0 Å². The number of ether oxygens (including phenoxy) is 2. The van der Waals surface area contributed by atoms with E-state index in [4.69, 9.17) is 26.0 Å². The number of aliphatic hydroxyl groups excluding tert-OH is 1. The van der Waals surface area contributed by atoms with Crippen molar-refractivity contribution in [1.29, 1.82) is 0 Å². The van der Waals surface area contributed by atoms with E-state index in [2.05, 4.69) is 0 Å². The third kappa shape index (κ3) is 7.23. The van der Waals surface area contributed by atoms with E-state index < -0.39 is 18.2 Å². The highest BCUT2D eigenvalue weighted by atomic mass is 16.6. The molecule has 0 amide bonds. The van der Waals surface area contributed by atoms with E-state index in [0.717, 1.165) is 19.3 Å². The highest BCUT2D eigenvalue weighted by Crippen LogP contribution is 2.10. The predicted molar refractivity (Wildman–Crippen MR) is 84.7 cm³/mol. The molecular formula is C16H24N2O5. The molecule has 1 aromatic carbocycles. The van der Waals surface area contributed by atoms with E-state index >= 15 is 0 Å². The Hall–Kier alpha value is -1.96. The molecule has 0 aliphatic heterocycles. The largest absolute Gasteiger partial charge is 0.460 e. The van der Waals surface area contributed by atoms with Gasteiger partial charge in [-0.15, -0.1) is 0 Å². The molecule has 128 valence electrons. The molecule has 0 aliphatic carbocycles. The molecule has 1 unspecified atom stereocenters. The maximum absolute atomic E-state index is 11.9. The Morgan fingerprint density at radius 3 is 2.22 bits per heavy atom. The Kier molecular flexibility index (Phi) is 8.89. The van der Waals surface area contributed by atoms with E-state index in [1.165, 1.54) is 24.3 Å². The Bertz CT molecular complexity index is 490. The van der Waals surface area contributed by atoms with Gasteiger partial charge in [0.15, 0.2) is 6.23 Å². The molecule has 23 heavy (non-hydrogen) atoms. The van der Waals surface area contributed by atoms with Crippen LogP contribution in [0.25, 0.3) is 0 Å². The lowest BCUT2D eigenvalue weighted by Crippen LogP contribution is -2.27. The number of rotatable bonds is 10. The summed E-state index contributed by atoms with van der Waals surface area (Å²) in [7, 11) is 0. The fourth-order valence-corrected chi connectivity index (χ4v) is 1.90. The minimum Gasteiger partial charge on any atom is -0.460 e. The van der Waals surface area contributed by atoms with Crippen LogP contribution in [0.4, 0.5) is 0 Å². The summed E-state index contributed by atoms with van der Waals surface area (Å²) in [5.74, 6) is -1.10. The number of hydrogen-bond donors (Lipinski definition) is 3. The van der Waals surface area contributed by atoms with Gasteiger partial charge in [-0.05, 0) is 50.1 Å². The average Bonchev–Trinajstić information content (AvgIpc) is 2.56. The van der Waals surface area contributed by atoms with Crippen LogP contribution < -0.4 is 11.5 Å². The number of carbonyl (C=O) groups excluding carboxylic acids is 2. The Balaban J connectivity index is 2.45. The van der Waals surface area contributed by atoms with Crippen LogP contribution in [0.2, 0.25) is 0 Å². The summed E-state index contributed by atoms with van der Waals surface area (Å²) in [4.78, 5) is 23.5. The monoisotopic (exact) mass is 324 g/mol. The summed E-state index contributed by atoms with van der Waals surface area (Å²) < 4.78 is 9.91. The lowest BCUT2D eigenvalue weighted by atomic mass is 10.1. The number of aliphatic hydroxyl groups is 1. The summed E-state index contributed by atoms with van der Waals surface area (Å²) in [6, 6.07) is 5.87. The normalized spacial score (nSPS) is 11.8.